The van der Waals surface area contributed by atoms with E-state index in [2.05, 4.69) is 16.7 Å². The van der Waals surface area contributed by atoms with Crippen LogP contribution in [0.1, 0.15) is 29.5 Å². The van der Waals surface area contributed by atoms with Crippen molar-refractivity contribution in [1.29, 1.82) is 5.26 Å². The minimum absolute atomic E-state index is 0.0341. The van der Waals surface area contributed by atoms with Crippen molar-refractivity contribution >= 4 is 29.3 Å². The van der Waals surface area contributed by atoms with Crippen LogP contribution in [0, 0.1) is 24.2 Å². The summed E-state index contributed by atoms with van der Waals surface area (Å²) in [5.41, 5.74) is 3.66. The molecule has 2 amide bonds. The van der Waals surface area contributed by atoms with Gasteiger partial charge in [-0.2, -0.15) is 5.26 Å². The number of benzene rings is 2. The largest absolute Gasteiger partial charge is 0.326 e. The zero-order valence-corrected chi connectivity index (χ0v) is 14.5. The molecule has 130 valence electrons. The van der Waals surface area contributed by atoms with Crippen LogP contribution in [0.2, 0.25) is 0 Å². The Balaban J connectivity index is 1.64. The Morgan fingerprint density at radius 3 is 2.50 bits per heavy atom. The molecule has 1 saturated carbocycles. The van der Waals surface area contributed by atoms with Crippen molar-refractivity contribution in [2.45, 2.75) is 19.8 Å². The molecule has 5 heteroatoms. The summed E-state index contributed by atoms with van der Waals surface area (Å²) in [6.45, 7) is 1.90. The molecule has 26 heavy (non-hydrogen) atoms. The van der Waals surface area contributed by atoms with E-state index >= 15 is 0 Å². The van der Waals surface area contributed by atoms with Crippen LogP contribution in [0.5, 0.6) is 0 Å². The van der Waals surface area contributed by atoms with Crippen LogP contribution in [0.4, 0.5) is 11.4 Å². The van der Waals surface area contributed by atoms with Crippen molar-refractivity contribution in [2.75, 3.05) is 10.6 Å². The van der Waals surface area contributed by atoms with Crippen LogP contribution in [0.15, 0.2) is 48.5 Å². The number of carbonyl (C=O) groups is 2. The van der Waals surface area contributed by atoms with Gasteiger partial charge < -0.3 is 10.6 Å². The molecule has 0 aliphatic heterocycles. The van der Waals surface area contributed by atoms with Crippen LogP contribution in [0.3, 0.4) is 0 Å². The fraction of sp³-hybridized carbons (Fsp3) is 0.190. The number of amides is 2. The van der Waals surface area contributed by atoms with Crippen LogP contribution >= 0.6 is 0 Å². The van der Waals surface area contributed by atoms with Gasteiger partial charge >= 0.3 is 0 Å². The topological polar surface area (TPSA) is 82.0 Å². The van der Waals surface area contributed by atoms with Crippen molar-refractivity contribution < 1.29 is 9.59 Å². The second kappa shape index (κ2) is 7.66. The summed E-state index contributed by atoms with van der Waals surface area (Å²) in [4.78, 5) is 24.0. The molecular formula is C21H19N3O2. The van der Waals surface area contributed by atoms with Gasteiger partial charge in [-0.3, -0.25) is 9.59 Å². The third-order valence-corrected chi connectivity index (χ3v) is 4.18. The summed E-state index contributed by atoms with van der Waals surface area (Å²) in [5, 5.41) is 14.5. The van der Waals surface area contributed by atoms with Gasteiger partial charge in [-0.15, -0.1) is 0 Å². The van der Waals surface area contributed by atoms with E-state index in [1.54, 1.807) is 36.4 Å². The third-order valence-electron chi connectivity index (χ3n) is 4.18. The molecule has 1 aliphatic carbocycles. The average Bonchev–Trinajstić information content (AvgIpc) is 3.48. The second-order valence-electron chi connectivity index (χ2n) is 6.35. The maximum absolute atomic E-state index is 12.2. The van der Waals surface area contributed by atoms with Gasteiger partial charge in [0.05, 0.1) is 11.6 Å². The van der Waals surface area contributed by atoms with Crippen molar-refractivity contribution in [3.8, 4) is 6.07 Å². The second-order valence-corrected chi connectivity index (χ2v) is 6.35. The minimum atomic E-state index is -0.261. The lowest BCUT2D eigenvalue weighted by Gasteiger charge is -2.10. The number of nitriles is 1. The molecule has 1 fully saturated rings. The van der Waals surface area contributed by atoms with Crippen molar-refractivity contribution in [3.63, 3.8) is 0 Å². The standard InChI is InChI=1S/C21H19N3O2/c1-14-2-10-18(23-21(26)17-8-9-17)12-19(14)24-20(25)11-7-15-3-5-16(13-22)6-4-15/h2-7,10-12,17H,8-9H2,1H3,(H,23,26)(H,24,25). The lowest BCUT2D eigenvalue weighted by atomic mass is 10.1. The molecule has 0 saturated heterocycles. The summed E-state index contributed by atoms with van der Waals surface area (Å²) in [7, 11) is 0. The van der Waals surface area contributed by atoms with E-state index in [0.717, 1.165) is 24.0 Å². The molecule has 0 atom stereocenters. The Labute approximate surface area is 152 Å². The molecule has 2 N–H and O–H groups in total. The number of aryl methyl sites for hydroxylation is 1. The zero-order chi connectivity index (χ0) is 18.5. The summed E-state index contributed by atoms with van der Waals surface area (Å²) < 4.78 is 0. The number of hydrogen-bond acceptors (Lipinski definition) is 3. The first-order valence-corrected chi connectivity index (χ1v) is 8.46. The Morgan fingerprint density at radius 2 is 1.85 bits per heavy atom. The Bertz CT molecular complexity index is 904. The quantitative estimate of drug-likeness (QED) is 0.807. The first kappa shape index (κ1) is 17.4. The molecule has 5 nitrogen and oxygen atoms in total. The SMILES string of the molecule is Cc1ccc(NC(=O)C2CC2)cc1NC(=O)C=Cc1ccc(C#N)cc1. The number of nitrogens with zero attached hydrogens (tertiary/aromatic N) is 1. The fourth-order valence-electron chi connectivity index (χ4n) is 2.44. The van der Waals surface area contributed by atoms with E-state index < -0.39 is 0 Å². The summed E-state index contributed by atoms with van der Waals surface area (Å²) in [5.74, 6) is -0.0975. The third kappa shape index (κ3) is 4.58. The highest BCUT2D eigenvalue weighted by molar-refractivity contribution is 6.03. The maximum Gasteiger partial charge on any atom is 0.248 e. The van der Waals surface area contributed by atoms with E-state index in [-0.39, 0.29) is 17.7 Å². The number of nitrogens with one attached hydrogen (secondary N) is 2. The zero-order valence-electron chi connectivity index (χ0n) is 14.5. The predicted octanol–water partition coefficient (Wildman–Crippen LogP) is 3.87. The number of anilines is 2. The van der Waals surface area contributed by atoms with E-state index in [1.165, 1.54) is 6.08 Å². The summed E-state index contributed by atoms with van der Waals surface area (Å²) in [6, 6.07) is 14.5. The number of hydrogen-bond donors (Lipinski definition) is 2. The van der Waals surface area contributed by atoms with Crippen molar-refractivity contribution in [2.24, 2.45) is 5.92 Å². The highest BCUT2D eigenvalue weighted by Gasteiger charge is 2.29. The molecule has 2 aromatic rings. The molecule has 0 aromatic heterocycles. The van der Waals surface area contributed by atoms with Crippen molar-refractivity contribution in [3.05, 3.63) is 65.2 Å². The van der Waals surface area contributed by atoms with Crippen LogP contribution in [-0.2, 0) is 9.59 Å². The summed E-state index contributed by atoms with van der Waals surface area (Å²) >= 11 is 0. The average molecular weight is 345 g/mol. The molecule has 0 spiro atoms. The molecule has 0 unspecified atom stereocenters. The highest BCUT2D eigenvalue weighted by Crippen LogP contribution is 2.30. The van der Waals surface area contributed by atoms with E-state index in [9.17, 15) is 9.59 Å². The van der Waals surface area contributed by atoms with Crippen LogP contribution < -0.4 is 10.6 Å². The molecule has 0 radical (unpaired) electrons. The Hall–Kier alpha value is -3.39. The van der Waals surface area contributed by atoms with Crippen molar-refractivity contribution in [1.82, 2.24) is 0 Å². The Kier molecular flexibility index (Phi) is 5.14. The molecule has 1 aliphatic rings. The van der Waals surface area contributed by atoms with E-state index in [1.807, 2.05) is 19.1 Å². The van der Waals surface area contributed by atoms with Gasteiger partial charge in [0.15, 0.2) is 0 Å². The van der Waals surface area contributed by atoms with Gasteiger partial charge in [0.1, 0.15) is 0 Å². The van der Waals surface area contributed by atoms with Gasteiger partial charge in [-0.1, -0.05) is 18.2 Å². The molecule has 3 rings (SSSR count). The minimum Gasteiger partial charge on any atom is -0.326 e. The van der Waals surface area contributed by atoms with E-state index in [4.69, 9.17) is 5.26 Å². The van der Waals surface area contributed by atoms with Gasteiger partial charge in [0.2, 0.25) is 11.8 Å². The maximum atomic E-state index is 12.2. The number of carbonyl (C=O) groups excluding carboxylic acids is 2. The molecular weight excluding hydrogens is 326 g/mol. The first-order chi connectivity index (χ1) is 12.5. The molecule has 2 aromatic carbocycles. The lowest BCUT2D eigenvalue weighted by Crippen LogP contribution is -2.14. The fourth-order valence-corrected chi connectivity index (χ4v) is 2.44. The smallest absolute Gasteiger partial charge is 0.248 e. The monoisotopic (exact) mass is 345 g/mol. The first-order valence-electron chi connectivity index (χ1n) is 8.46. The molecule has 0 heterocycles. The molecule has 0 bridgehead atoms. The van der Waals surface area contributed by atoms with Gasteiger partial charge in [0.25, 0.3) is 0 Å². The van der Waals surface area contributed by atoms with Gasteiger partial charge in [0, 0.05) is 23.4 Å². The van der Waals surface area contributed by atoms with Crippen LogP contribution in [0.25, 0.3) is 6.08 Å². The highest BCUT2D eigenvalue weighted by atomic mass is 16.2. The number of rotatable bonds is 5. The van der Waals surface area contributed by atoms with Gasteiger partial charge in [-0.25, -0.2) is 0 Å². The van der Waals surface area contributed by atoms with Crippen LogP contribution in [-0.4, -0.2) is 11.8 Å². The Morgan fingerprint density at radius 1 is 1.12 bits per heavy atom. The van der Waals surface area contributed by atoms with E-state index in [0.29, 0.717) is 16.9 Å². The predicted molar refractivity (Wildman–Crippen MR) is 101 cm³/mol. The summed E-state index contributed by atoms with van der Waals surface area (Å²) in [6.07, 6.45) is 5.02. The van der Waals surface area contributed by atoms with Gasteiger partial charge in [-0.05, 0) is 61.2 Å². The lowest BCUT2D eigenvalue weighted by molar-refractivity contribution is -0.117. The normalized spacial score (nSPS) is 13.2.